The highest BCUT2D eigenvalue weighted by atomic mass is 16.3. The molecule has 0 bridgehead atoms. The van der Waals surface area contributed by atoms with E-state index >= 15 is 0 Å². The van der Waals surface area contributed by atoms with Crippen LogP contribution in [-0.4, -0.2) is 64.7 Å². The first kappa shape index (κ1) is 20.2. The third-order valence-corrected chi connectivity index (χ3v) is 7.48. The van der Waals surface area contributed by atoms with E-state index in [1.807, 2.05) is 18.0 Å². The molecule has 0 radical (unpaired) electrons. The van der Waals surface area contributed by atoms with E-state index in [0.717, 1.165) is 44.9 Å². The molecule has 4 rings (SSSR count). The number of aliphatic hydroxyl groups is 1. The van der Waals surface area contributed by atoms with Crippen molar-refractivity contribution in [2.45, 2.75) is 61.6 Å². The maximum absolute atomic E-state index is 13.2. The molecule has 3 aliphatic rings. The zero-order chi connectivity index (χ0) is 20.7. The van der Waals surface area contributed by atoms with E-state index in [2.05, 4.69) is 29.6 Å². The summed E-state index contributed by atoms with van der Waals surface area (Å²) in [5, 5.41) is 14.3. The number of nitrogens with zero attached hydrogens (tertiary/aromatic N) is 2. The second-order valence-electron chi connectivity index (χ2n) is 9.19. The van der Waals surface area contributed by atoms with E-state index in [-0.39, 0.29) is 23.7 Å². The minimum Gasteiger partial charge on any atom is -0.388 e. The number of urea groups is 1. The van der Waals surface area contributed by atoms with Gasteiger partial charge in [-0.05, 0) is 57.6 Å². The third-order valence-electron chi connectivity index (χ3n) is 7.48. The summed E-state index contributed by atoms with van der Waals surface area (Å²) < 4.78 is 0. The van der Waals surface area contributed by atoms with Gasteiger partial charge in [-0.25, -0.2) is 4.79 Å². The number of β-amino-alcohol motifs (C(OH)–C–C–N with tert-alkyl or cyclic N) is 1. The summed E-state index contributed by atoms with van der Waals surface area (Å²) in [6.07, 6.45) is 5.87. The quantitative estimate of drug-likeness (QED) is 0.675. The standard InChI is InChI=1S/C22H32N4O3/c1-24-22(17-6-3-2-4-7-17)12-10-20(11-13-22)15-25(14-18(23)27)19(28)26(20)16-21(29)8-5-9-21/h2-4,6-7,24,29H,5,8-16H2,1H3,(H2,23,27)/t20-,22-. The molecule has 0 atom stereocenters. The van der Waals surface area contributed by atoms with Gasteiger partial charge in [-0.3, -0.25) is 4.79 Å². The molecule has 1 spiro atoms. The van der Waals surface area contributed by atoms with Crippen LogP contribution in [0.3, 0.4) is 0 Å². The number of carbonyl (C=O) groups is 2. The average molecular weight is 401 g/mol. The number of primary amides is 1. The molecule has 29 heavy (non-hydrogen) atoms. The lowest BCUT2D eigenvalue weighted by Gasteiger charge is -2.50. The highest BCUT2D eigenvalue weighted by molar-refractivity contribution is 5.85. The van der Waals surface area contributed by atoms with Crippen LogP contribution in [0.15, 0.2) is 30.3 Å². The van der Waals surface area contributed by atoms with Crippen LogP contribution in [-0.2, 0) is 10.3 Å². The Morgan fingerprint density at radius 2 is 1.79 bits per heavy atom. The Morgan fingerprint density at radius 1 is 1.14 bits per heavy atom. The van der Waals surface area contributed by atoms with Gasteiger partial charge in [0.2, 0.25) is 5.91 Å². The second-order valence-corrected chi connectivity index (χ2v) is 9.19. The molecule has 1 heterocycles. The summed E-state index contributed by atoms with van der Waals surface area (Å²) in [7, 11) is 2.00. The van der Waals surface area contributed by atoms with Gasteiger partial charge in [0.15, 0.2) is 0 Å². The number of rotatable bonds is 6. The van der Waals surface area contributed by atoms with E-state index in [9.17, 15) is 14.7 Å². The van der Waals surface area contributed by atoms with Gasteiger partial charge >= 0.3 is 6.03 Å². The number of nitrogens with one attached hydrogen (secondary N) is 1. The lowest BCUT2D eigenvalue weighted by Crippen LogP contribution is -2.59. The molecule has 1 aliphatic heterocycles. The van der Waals surface area contributed by atoms with Gasteiger partial charge in [0.25, 0.3) is 0 Å². The summed E-state index contributed by atoms with van der Waals surface area (Å²) in [6, 6.07) is 10.3. The molecule has 0 unspecified atom stereocenters. The van der Waals surface area contributed by atoms with Crippen molar-refractivity contribution in [1.29, 1.82) is 0 Å². The Labute approximate surface area is 172 Å². The Kier molecular flexibility index (Phi) is 5.07. The summed E-state index contributed by atoms with van der Waals surface area (Å²) >= 11 is 0. The summed E-state index contributed by atoms with van der Waals surface area (Å²) in [5.41, 5.74) is 5.39. The van der Waals surface area contributed by atoms with Crippen molar-refractivity contribution >= 4 is 11.9 Å². The fourth-order valence-electron chi connectivity index (χ4n) is 5.48. The Morgan fingerprint density at radius 3 is 2.31 bits per heavy atom. The Bertz CT molecular complexity index is 770. The van der Waals surface area contributed by atoms with Crippen molar-refractivity contribution in [2.24, 2.45) is 5.73 Å². The molecule has 1 aromatic rings. The molecule has 158 valence electrons. The van der Waals surface area contributed by atoms with Crippen LogP contribution < -0.4 is 11.1 Å². The predicted molar refractivity (Wildman–Crippen MR) is 110 cm³/mol. The van der Waals surface area contributed by atoms with Crippen molar-refractivity contribution in [3.63, 3.8) is 0 Å². The van der Waals surface area contributed by atoms with Crippen LogP contribution in [0.5, 0.6) is 0 Å². The SMILES string of the molecule is CN[C@]1(c2ccccc2)CC[C@@]2(CC1)CN(CC(N)=O)C(=O)N2CC1(O)CCC1. The summed E-state index contributed by atoms with van der Waals surface area (Å²) in [6.45, 7) is 0.782. The lowest BCUT2D eigenvalue weighted by atomic mass is 9.68. The molecule has 4 N–H and O–H groups in total. The molecule has 0 aromatic heterocycles. The van der Waals surface area contributed by atoms with E-state index in [4.69, 9.17) is 5.73 Å². The molecule has 2 saturated carbocycles. The van der Waals surface area contributed by atoms with Crippen LogP contribution in [0.1, 0.15) is 50.5 Å². The van der Waals surface area contributed by atoms with Gasteiger partial charge in [-0.15, -0.1) is 0 Å². The van der Waals surface area contributed by atoms with Crippen molar-refractivity contribution < 1.29 is 14.7 Å². The highest BCUT2D eigenvalue weighted by Crippen LogP contribution is 2.48. The number of hydrogen-bond donors (Lipinski definition) is 3. The molecular formula is C22H32N4O3. The normalized spacial score (nSPS) is 31.2. The van der Waals surface area contributed by atoms with Crippen LogP contribution in [0, 0.1) is 0 Å². The van der Waals surface area contributed by atoms with Crippen molar-refractivity contribution in [3.05, 3.63) is 35.9 Å². The largest absolute Gasteiger partial charge is 0.388 e. The number of carbonyl (C=O) groups excluding carboxylic acids is 2. The molecule has 3 fully saturated rings. The number of nitrogens with two attached hydrogens (primary N) is 1. The van der Waals surface area contributed by atoms with Crippen LogP contribution in [0.25, 0.3) is 0 Å². The maximum Gasteiger partial charge on any atom is 0.321 e. The van der Waals surface area contributed by atoms with Gasteiger partial charge in [-0.2, -0.15) is 0 Å². The van der Waals surface area contributed by atoms with Crippen LogP contribution in [0.4, 0.5) is 4.79 Å². The minimum absolute atomic E-state index is 0.0641. The second kappa shape index (κ2) is 7.29. The van der Waals surface area contributed by atoms with E-state index < -0.39 is 11.5 Å². The third kappa shape index (κ3) is 3.51. The molecule has 7 nitrogen and oxygen atoms in total. The first-order valence-corrected chi connectivity index (χ1v) is 10.6. The van der Waals surface area contributed by atoms with Crippen LogP contribution in [0.2, 0.25) is 0 Å². The Balaban J connectivity index is 1.59. The smallest absolute Gasteiger partial charge is 0.321 e. The molecule has 1 saturated heterocycles. The number of hydrogen-bond acceptors (Lipinski definition) is 4. The van der Waals surface area contributed by atoms with Crippen molar-refractivity contribution in [1.82, 2.24) is 15.1 Å². The zero-order valence-corrected chi connectivity index (χ0v) is 17.2. The first-order chi connectivity index (χ1) is 13.8. The molecule has 7 heteroatoms. The average Bonchev–Trinajstić information content (AvgIpc) is 2.93. The van der Waals surface area contributed by atoms with Crippen LogP contribution >= 0.6 is 0 Å². The maximum atomic E-state index is 13.2. The van der Waals surface area contributed by atoms with Gasteiger partial charge in [0, 0.05) is 12.1 Å². The van der Waals surface area contributed by atoms with Crippen molar-refractivity contribution in [3.8, 4) is 0 Å². The van der Waals surface area contributed by atoms with Gasteiger partial charge in [0.05, 0.1) is 17.7 Å². The monoisotopic (exact) mass is 400 g/mol. The minimum atomic E-state index is -0.789. The van der Waals surface area contributed by atoms with E-state index in [0.29, 0.717) is 13.1 Å². The number of amides is 3. The van der Waals surface area contributed by atoms with Crippen molar-refractivity contribution in [2.75, 3.05) is 26.7 Å². The molecule has 2 aliphatic carbocycles. The summed E-state index contributed by atoms with van der Waals surface area (Å²) in [4.78, 5) is 28.1. The highest BCUT2D eigenvalue weighted by Gasteiger charge is 2.55. The first-order valence-electron chi connectivity index (χ1n) is 10.6. The van der Waals surface area contributed by atoms with Gasteiger partial charge < -0.3 is 26.0 Å². The Hall–Kier alpha value is -2.12. The zero-order valence-electron chi connectivity index (χ0n) is 17.2. The van der Waals surface area contributed by atoms with E-state index in [1.54, 1.807) is 4.90 Å². The molecular weight excluding hydrogens is 368 g/mol. The van der Waals surface area contributed by atoms with Gasteiger partial charge in [-0.1, -0.05) is 30.3 Å². The fraction of sp³-hybridized carbons (Fsp3) is 0.636. The number of benzene rings is 1. The van der Waals surface area contributed by atoms with Gasteiger partial charge in [0.1, 0.15) is 6.54 Å². The van der Waals surface area contributed by atoms with E-state index in [1.165, 1.54) is 5.56 Å². The molecule has 3 amide bonds. The lowest BCUT2D eigenvalue weighted by molar-refractivity contribution is -0.118. The fourth-order valence-corrected chi connectivity index (χ4v) is 5.48. The topological polar surface area (TPSA) is 98.9 Å². The predicted octanol–water partition coefficient (Wildman–Crippen LogP) is 1.55. The molecule has 1 aromatic carbocycles. The summed E-state index contributed by atoms with van der Waals surface area (Å²) in [5.74, 6) is -0.498.